The van der Waals surface area contributed by atoms with Crippen LogP contribution in [0.5, 0.6) is 0 Å². The molecule has 2 aromatic carbocycles. The van der Waals surface area contributed by atoms with E-state index in [1.807, 2.05) is 13.0 Å². The number of benzene rings is 2. The molecule has 20 heavy (non-hydrogen) atoms. The fourth-order valence-corrected chi connectivity index (χ4v) is 2.25. The Bertz CT molecular complexity index is 658. The molecule has 0 saturated carbocycles. The van der Waals surface area contributed by atoms with Gasteiger partial charge in [-0.2, -0.15) is 0 Å². The van der Waals surface area contributed by atoms with Crippen molar-refractivity contribution < 1.29 is 9.18 Å². The van der Waals surface area contributed by atoms with Gasteiger partial charge < -0.3 is 11.1 Å². The van der Waals surface area contributed by atoms with Crippen LogP contribution in [0.1, 0.15) is 11.1 Å². The zero-order valence-electron chi connectivity index (χ0n) is 10.9. The molecule has 0 unspecified atom stereocenters. The average molecular weight is 337 g/mol. The van der Waals surface area contributed by atoms with Gasteiger partial charge in [0.15, 0.2) is 0 Å². The fraction of sp³-hybridized carbons (Fsp3) is 0.133. The Hall–Kier alpha value is -1.88. The minimum Gasteiger partial charge on any atom is -0.397 e. The van der Waals surface area contributed by atoms with E-state index in [4.69, 9.17) is 5.73 Å². The van der Waals surface area contributed by atoms with Crippen LogP contribution in [0.25, 0.3) is 0 Å². The first-order valence-corrected chi connectivity index (χ1v) is 6.85. The Morgan fingerprint density at radius 3 is 2.75 bits per heavy atom. The van der Waals surface area contributed by atoms with Crippen molar-refractivity contribution in [1.29, 1.82) is 0 Å². The van der Waals surface area contributed by atoms with Crippen LogP contribution in [0.4, 0.5) is 15.8 Å². The van der Waals surface area contributed by atoms with E-state index < -0.39 is 5.82 Å². The first-order valence-electron chi connectivity index (χ1n) is 6.05. The zero-order valence-corrected chi connectivity index (χ0v) is 12.5. The topological polar surface area (TPSA) is 55.1 Å². The van der Waals surface area contributed by atoms with E-state index >= 15 is 0 Å². The number of nitrogens with one attached hydrogen (secondary N) is 1. The van der Waals surface area contributed by atoms with E-state index in [9.17, 15) is 9.18 Å². The fourth-order valence-electron chi connectivity index (χ4n) is 1.84. The molecule has 2 rings (SSSR count). The monoisotopic (exact) mass is 336 g/mol. The first kappa shape index (κ1) is 14.5. The van der Waals surface area contributed by atoms with Gasteiger partial charge >= 0.3 is 0 Å². The Labute approximate surface area is 125 Å². The van der Waals surface area contributed by atoms with Crippen molar-refractivity contribution in [3.05, 3.63) is 57.8 Å². The summed E-state index contributed by atoms with van der Waals surface area (Å²) in [6.45, 7) is 1.92. The summed E-state index contributed by atoms with van der Waals surface area (Å²) < 4.78 is 14.3. The lowest BCUT2D eigenvalue weighted by atomic mass is 10.1. The third-order valence-corrected chi connectivity index (χ3v) is 3.33. The lowest BCUT2D eigenvalue weighted by molar-refractivity contribution is -0.115. The van der Waals surface area contributed by atoms with Crippen molar-refractivity contribution in [2.45, 2.75) is 13.3 Å². The number of aryl methyl sites for hydroxylation is 1. The van der Waals surface area contributed by atoms with Gasteiger partial charge in [0.2, 0.25) is 5.91 Å². The molecule has 104 valence electrons. The molecule has 0 atom stereocenters. The highest BCUT2D eigenvalue weighted by Crippen LogP contribution is 2.20. The highest BCUT2D eigenvalue weighted by atomic mass is 79.9. The molecule has 1 amide bonds. The molecule has 0 spiro atoms. The van der Waals surface area contributed by atoms with Gasteiger partial charge in [0, 0.05) is 4.47 Å². The number of hydrogen-bond acceptors (Lipinski definition) is 2. The van der Waals surface area contributed by atoms with Crippen molar-refractivity contribution in [1.82, 2.24) is 0 Å². The van der Waals surface area contributed by atoms with Crippen LogP contribution in [0, 0.1) is 12.7 Å². The smallest absolute Gasteiger partial charge is 0.228 e. The lowest BCUT2D eigenvalue weighted by Gasteiger charge is -2.09. The maximum atomic E-state index is 13.6. The summed E-state index contributed by atoms with van der Waals surface area (Å²) in [5.41, 5.74) is 8.20. The molecule has 0 radical (unpaired) electrons. The van der Waals surface area contributed by atoms with Crippen LogP contribution in [0.15, 0.2) is 40.9 Å². The normalized spacial score (nSPS) is 10.3. The van der Waals surface area contributed by atoms with Crippen LogP contribution in [0.3, 0.4) is 0 Å². The largest absolute Gasteiger partial charge is 0.397 e. The van der Waals surface area contributed by atoms with Crippen molar-refractivity contribution in [3.63, 3.8) is 0 Å². The molecule has 5 heteroatoms. The van der Waals surface area contributed by atoms with Crippen molar-refractivity contribution >= 4 is 33.2 Å². The number of nitrogen functional groups attached to an aromatic ring is 1. The maximum absolute atomic E-state index is 13.6. The third kappa shape index (κ3) is 3.57. The van der Waals surface area contributed by atoms with Crippen LogP contribution >= 0.6 is 15.9 Å². The third-order valence-electron chi connectivity index (χ3n) is 2.84. The Kier molecular flexibility index (Phi) is 4.39. The summed E-state index contributed by atoms with van der Waals surface area (Å²) in [5.74, 6) is -0.710. The minimum atomic E-state index is -0.403. The number of amides is 1. The Morgan fingerprint density at radius 2 is 2.05 bits per heavy atom. The number of carbonyl (C=O) groups is 1. The Morgan fingerprint density at radius 1 is 1.30 bits per heavy atom. The van der Waals surface area contributed by atoms with Crippen LogP contribution in [-0.4, -0.2) is 5.91 Å². The summed E-state index contributed by atoms with van der Waals surface area (Å²) in [7, 11) is 0. The number of hydrogen-bond donors (Lipinski definition) is 2. The van der Waals surface area contributed by atoms with Gasteiger partial charge in [0.05, 0.1) is 17.8 Å². The van der Waals surface area contributed by atoms with Gasteiger partial charge in [-0.1, -0.05) is 22.0 Å². The lowest BCUT2D eigenvalue weighted by Crippen LogP contribution is -2.16. The molecule has 0 aliphatic rings. The number of rotatable bonds is 3. The molecule has 0 saturated heterocycles. The average Bonchev–Trinajstić information content (AvgIpc) is 2.37. The van der Waals surface area contributed by atoms with E-state index in [1.165, 1.54) is 6.07 Å². The highest BCUT2D eigenvalue weighted by molar-refractivity contribution is 9.10. The number of carbonyl (C=O) groups excluding carboxylic acids is 1. The second-order valence-electron chi connectivity index (χ2n) is 4.55. The molecule has 2 aromatic rings. The molecule has 0 bridgehead atoms. The molecule has 0 fully saturated rings. The van der Waals surface area contributed by atoms with E-state index in [1.54, 1.807) is 24.3 Å². The second-order valence-corrected chi connectivity index (χ2v) is 5.47. The predicted octanol–water partition coefficient (Wildman–Crippen LogP) is 3.66. The van der Waals surface area contributed by atoms with Crippen molar-refractivity contribution in [2.75, 3.05) is 11.1 Å². The molecule has 3 nitrogen and oxygen atoms in total. The summed E-state index contributed by atoms with van der Waals surface area (Å²) in [6.07, 6.45) is -0.0431. The van der Waals surface area contributed by atoms with Crippen LogP contribution in [0.2, 0.25) is 0 Å². The number of halogens is 2. The molecular formula is C15H14BrFN2O. The van der Waals surface area contributed by atoms with Crippen LogP contribution < -0.4 is 11.1 Å². The van der Waals surface area contributed by atoms with E-state index in [-0.39, 0.29) is 12.3 Å². The number of anilines is 2. The van der Waals surface area contributed by atoms with Crippen LogP contribution in [-0.2, 0) is 11.2 Å². The second kappa shape index (κ2) is 6.05. The SMILES string of the molecule is Cc1ccc(NC(=O)Cc2cc(Br)ccc2F)c(N)c1. The quantitative estimate of drug-likeness (QED) is 0.840. The van der Waals surface area contributed by atoms with Gasteiger partial charge in [-0.25, -0.2) is 4.39 Å². The highest BCUT2D eigenvalue weighted by Gasteiger charge is 2.10. The van der Waals surface area contributed by atoms with E-state index in [0.717, 1.165) is 10.0 Å². The van der Waals surface area contributed by atoms with E-state index in [2.05, 4.69) is 21.2 Å². The summed E-state index contributed by atoms with van der Waals surface area (Å²) in [6, 6.07) is 9.87. The molecule has 0 heterocycles. The Balaban J connectivity index is 2.11. The van der Waals surface area contributed by atoms with Crippen molar-refractivity contribution in [3.8, 4) is 0 Å². The predicted molar refractivity (Wildman–Crippen MR) is 82.0 cm³/mol. The standard InChI is InChI=1S/C15H14BrFN2O/c1-9-2-5-14(13(18)6-9)19-15(20)8-10-7-11(16)3-4-12(10)17/h2-7H,8,18H2,1H3,(H,19,20). The van der Waals surface area contributed by atoms with Gasteiger partial charge in [-0.05, 0) is 48.4 Å². The molecule has 3 N–H and O–H groups in total. The van der Waals surface area contributed by atoms with Gasteiger partial charge in [0.25, 0.3) is 0 Å². The summed E-state index contributed by atoms with van der Waals surface area (Å²) in [5, 5.41) is 2.69. The van der Waals surface area contributed by atoms with E-state index in [0.29, 0.717) is 16.9 Å². The molecule has 0 aliphatic carbocycles. The first-order chi connectivity index (χ1) is 9.45. The van der Waals surface area contributed by atoms with Gasteiger partial charge in [-0.15, -0.1) is 0 Å². The van der Waals surface area contributed by atoms with Gasteiger partial charge in [-0.3, -0.25) is 4.79 Å². The summed E-state index contributed by atoms with van der Waals surface area (Å²) >= 11 is 3.25. The minimum absolute atomic E-state index is 0.0431. The number of nitrogens with two attached hydrogens (primary N) is 1. The van der Waals surface area contributed by atoms with Crippen molar-refractivity contribution in [2.24, 2.45) is 0 Å². The van der Waals surface area contributed by atoms with Gasteiger partial charge in [0.1, 0.15) is 5.82 Å². The zero-order chi connectivity index (χ0) is 14.7. The molecular weight excluding hydrogens is 323 g/mol. The maximum Gasteiger partial charge on any atom is 0.228 e. The summed E-state index contributed by atoms with van der Waals surface area (Å²) in [4.78, 5) is 11.9. The molecule has 0 aliphatic heterocycles. The molecule has 0 aromatic heterocycles.